The van der Waals surface area contributed by atoms with E-state index in [1.165, 1.54) is 10.9 Å². The van der Waals surface area contributed by atoms with Gasteiger partial charge in [0.1, 0.15) is 4.60 Å². The maximum Gasteiger partial charge on any atom is 0.135 e. The van der Waals surface area contributed by atoms with E-state index in [1.807, 2.05) is 6.07 Å². The Hall–Kier alpha value is -0.870. The molecule has 0 saturated carbocycles. The van der Waals surface area contributed by atoms with Crippen LogP contribution in [0.15, 0.2) is 28.9 Å². The lowest BCUT2D eigenvalue weighted by molar-refractivity contribution is 0.286. The lowest BCUT2D eigenvalue weighted by Gasteiger charge is -2.19. The first kappa shape index (κ1) is 12.6. The molecule has 0 radical (unpaired) electrons. The number of para-hydroxylation sites is 1. The molecule has 4 heteroatoms. The smallest absolute Gasteiger partial charge is 0.135 e. The van der Waals surface area contributed by atoms with E-state index >= 15 is 0 Å². The molecule has 1 unspecified atom stereocenters. The second-order valence-electron chi connectivity index (χ2n) is 4.63. The van der Waals surface area contributed by atoms with Crippen LogP contribution < -0.4 is 0 Å². The lowest BCUT2D eigenvalue weighted by atomic mass is 10.2. The third-order valence-electron chi connectivity index (χ3n) is 3.25. The summed E-state index contributed by atoms with van der Waals surface area (Å²) in [5.41, 5.74) is 1.20. The van der Waals surface area contributed by atoms with Crippen molar-refractivity contribution in [2.45, 2.75) is 25.9 Å². The summed E-state index contributed by atoms with van der Waals surface area (Å²) in [6, 6.07) is 8.88. The van der Waals surface area contributed by atoms with E-state index in [4.69, 9.17) is 0 Å². The Morgan fingerprint density at radius 2 is 2.06 bits per heavy atom. The summed E-state index contributed by atoms with van der Waals surface area (Å²) < 4.78 is 3.02. The van der Waals surface area contributed by atoms with Gasteiger partial charge in [0, 0.05) is 18.0 Å². The topological polar surface area (TPSA) is 21.1 Å². The van der Waals surface area contributed by atoms with Gasteiger partial charge in [0.25, 0.3) is 0 Å². The maximum absolute atomic E-state index is 4.54. The van der Waals surface area contributed by atoms with Gasteiger partial charge in [0.05, 0.1) is 5.52 Å². The van der Waals surface area contributed by atoms with Gasteiger partial charge < -0.3 is 4.90 Å². The quantitative estimate of drug-likeness (QED) is 0.864. The molecule has 1 atom stereocenters. The molecule has 0 aliphatic heterocycles. The van der Waals surface area contributed by atoms with E-state index in [0.717, 1.165) is 17.6 Å². The van der Waals surface area contributed by atoms with Crippen LogP contribution in [-0.4, -0.2) is 34.8 Å². The van der Waals surface area contributed by atoms with Crippen molar-refractivity contribution in [3.05, 3.63) is 28.9 Å². The zero-order valence-corrected chi connectivity index (χ0v) is 12.1. The number of aromatic nitrogens is 2. The number of hydrogen-bond acceptors (Lipinski definition) is 2. The fourth-order valence-corrected chi connectivity index (χ4v) is 2.35. The molecule has 0 amide bonds. The summed E-state index contributed by atoms with van der Waals surface area (Å²) in [5.74, 6) is 0. The van der Waals surface area contributed by atoms with Gasteiger partial charge in [0.15, 0.2) is 0 Å². The predicted molar refractivity (Wildman–Crippen MR) is 75.2 cm³/mol. The van der Waals surface area contributed by atoms with Gasteiger partial charge in [-0.1, -0.05) is 18.2 Å². The van der Waals surface area contributed by atoms with E-state index in [-0.39, 0.29) is 0 Å². The maximum atomic E-state index is 4.54. The Morgan fingerprint density at radius 3 is 2.76 bits per heavy atom. The first-order chi connectivity index (χ1) is 8.09. The minimum atomic E-state index is 0.566. The summed E-state index contributed by atoms with van der Waals surface area (Å²) in [6.45, 7) is 3.19. The third kappa shape index (κ3) is 2.69. The molecule has 3 nitrogen and oxygen atoms in total. The van der Waals surface area contributed by atoms with Gasteiger partial charge in [0.2, 0.25) is 0 Å². The van der Waals surface area contributed by atoms with Crippen molar-refractivity contribution in [3.63, 3.8) is 0 Å². The van der Waals surface area contributed by atoms with Crippen molar-refractivity contribution in [2.75, 3.05) is 14.1 Å². The molecule has 0 aliphatic carbocycles. The SMILES string of the molecule is CC(CCn1nc(Br)c2ccccc21)N(C)C. The number of aryl methyl sites for hydroxylation is 1. The van der Waals surface area contributed by atoms with Gasteiger partial charge >= 0.3 is 0 Å². The third-order valence-corrected chi connectivity index (χ3v) is 3.84. The molecule has 0 aliphatic rings. The molecule has 0 saturated heterocycles. The summed E-state index contributed by atoms with van der Waals surface area (Å²) in [5, 5.41) is 5.72. The van der Waals surface area contributed by atoms with Gasteiger partial charge in [-0.05, 0) is 49.4 Å². The van der Waals surface area contributed by atoms with Crippen molar-refractivity contribution in [1.82, 2.24) is 14.7 Å². The number of nitrogens with zero attached hydrogens (tertiary/aromatic N) is 3. The molecule has 92 valence electrons. The van der Waals surface area contributed by atoms with Crippen molar-refractivity contribution in [1.29, 1.82) is 0 Å². The van der Waals surface area contributed by atoms with Gasteiger partial charge in [-0.3, -0.25) is 4.68 Å². The highest BCUT2D eigenvalue weighted by Crippen LogP contribution is 2.23. The van der Waals surface area contributed by atoms with Crippen LogP contribution in [0.3, 0.4) is 0 Å². The monoisotopic (exact) mass is 295 g/mol. The van der Waals surface area contributed by atoms with Crippen LogP contribution in [-0.2, 0) is 6.54 Å². The van der Waals surface area contributed by atoms with Crippen LogP contribution >= 0.6 is 15.9 Å². The van der Waals surface area contributed by atoms with E-state index in [1.54, 1.807) is 0 Å². The van der Waals surface area contributed by atoms with E-state index in [9.17, 15) is 0 Å². The van der Waals surface area contributed by atoms with Crippen LogP contribution in [0, 0.1) is 0 Å². The van der Waals surface area contributed by atoms with Gasteiger partial charge in [-0.25, -0.2) is 0 Å². The number of benzene rings is 1. The van der Waals surface area contributed by atoms with Crippen molar-refractivity contribution in [3.8, 4) is 0 Å². The van der Waals surface area contributed by atoms with Gasteiger partial charge in [-0.15, -0.1) is 0 Å². The Bertz CT molecular complexity index is 504. The van der Waals surface area contributed by atoms with Crippen LogP contribution in [0.4, 0.5) is 0 Å². The Kier molecular flexibility index (Phi) is 3.84. The summed E-state index contributed by atoms with van der Waals surface area (Å²) in [6.07, 6.45) is 1.10. The summed E-state index contributed by atoms with van der Waals surface area (Å²) >= 11 is 3.51. The highest BCUT2D eigenvalue weighted by molar-refractivity contribution is 9.10. The zero-order chi connectivity index (χ0) is 12.4. The Morgan fingerprint density at radius 1 is 1.35 bits per heavy atom. The molecule has 17 heavy (non-hydrogen) atoms. The molecule has 0 spiro atoms. The molecule has 1 aromatic carbocycles. The average Bonchev–Trinajstić information content (AvgIpc) is 2.64. The van der Waals surface area contributed by atoms with Crippen molar-refractivity contribution in [2.24, 2.45) is 0 Å². The Labute approximate surface area is 111 Å². The predicted octanol–water partition coefficient (Wildman–Crippen LogP) is 3.14. The molecule has 2 rings (SSSR count). The molecular weight excluding hydrogens is 278 g/mol. The highest BCUT2D eigenvalue weighted by atomic mass is 79.9. The zero-order valence-electron chi connectivity index (χ0n) is 10.5. The standard InChI is InChI=1S/C13H18BrN3/c1-10(16(2)3)8-9-17-12-7-5-4-6-11(12)13(14)15-17/h4-7,10H,8-9H2,1-3H3. The van der Waals surface area contributed by atoms with E-state index in [2.05, 4.69) is 69.8 Å². The molecule has 0 bridgehead atoms. The van der Waals surface area contributed by atoms with Crippen LogP contribution in [0.5, 0.6) is 0 Å². The number of fused-ring (bicyclic) bond motifs is 1. The van der Waals surface area contributed by atoms with Crippen molar-refractivity contribution < 1.29 is 0 Å². The summed E-state index contributed by atoms with van der Waals surface area (Å²) in [7, 11) is 4.23. The second-order valence-corrected chi connectivity index (χ2v) is 5.38. The van der Waals surface area contributed by atoms with Crippen LogP contribution in [0.2, 0.25) is 0 Å². The highest BCUT2D eigenvalue weighted by Gasteiger charge is 2.09. The molecular formula is C13H18BrN3. The number of rotatable bonds is 4. The first-order valence-electron chi connectivity index (χ1n) is 5.87. The second kappa shape index (κ2) is 5.19. The largest absolute Gasteiger partial charge is 0.307 e. The minimum absolute atomic E-state index is 0.566. The number of halogens is 1. The van der Waals surface area contributed by atoms with Crippen LogP contribution in [0.25, 0.3) is 10.9 Å². The fourth-order valence-electron chi connectivity index (χ4n) is 1.82. The summed E-state index contributed by atoms with van der Waals surface area (Å²) in [4.78, 5) is 2.24. The lowest BCUT2D eigenvalue weighted by Crippen LogP contribution is -2.26. The van der Waals surface area contributed by atoms with Crippen LogP contribution in [0.1, 0.15) is 13.3 Å². The molecule has 0 fully saturated rings. The first-order valence-corrected chi connectivity index (χ1v) is 6.66. The van der Waals surface area contributed by atoms with Gasteiger partial charge in [-0.2, -0.15) is 5.10 Å². The van der Waals surface area contributed by atoms with E-state index < -0.39 is 0 Å². The van der Waals surface area contributed by atoms with E-state index in [0.29, 0.717) is 6.04 Å². The average molecular weight is 296 g/mol. The molecule has 1 aromatic heterocycles. The molecule has 1 heterocycles. The fraction of sp³-hybridized carbons (Fsp3) is 0.462. The van der Waals surface area contributed by atoms with Crippen molar-refractivity contribution >= 4 is 26.8 Å². The Balaban J connectivity index is 2.19. The molecule has 0 N–H and O–H groups in total. The number of hydrogen-bond donors (Lipinski definition) is 0. The minimum Gasteiger partial charge on any atom is -0.307 e. The molecule has 2 aromatic rings. The normalized spacial score (nSPS) is 13.5.